The van der Waals surface area contributed by atoms with Crippen molar-refractivity contribution in [3.05, 3.63) is 0 Å². The molecule has 3 N–H and O–H groups in total. The van der Waals surface area contributed by atoms with Gasteiger partial charge in [0.15, 0.2) is 0 Å². The lowest BCUT2D eigenvalue weighted by molar-refractivity contribution is -0.133. The third-order valence-corrected chi connectivity index (χ3v) is 4.43. The number of thioether (sulfide) groups is 1. The summed E-state index contributed by atoms with van der Waals surface area (Å²) in [5.41, 5.74) is 5.43. The van der Waals surface area contributed by atoms with E-state index >= 15 is 0 Å². The maximum absolute atomic E-state index is 11.9. The first kappa shape index (κ1) is 15.6. The molecule has 18 heavy (non-hydrogen) atoms. The fourth-order valence-electron chi connectivity index (χ4n) is 2.11. The lowest BCUT2D eigenvalue weighted by Crippen LogP contribution is -2.55. The molecule has 0 spiro atoms. The minimum Gasteiger partial charge on any atom is -0.348 e. The van der Waals surface area contributed by atoms with Gasteiger partial charge in [-0.1, -0.05) is 0 Å². The number of nitrogens with two attached hydrogens (primary N) is 1. The van der Waals surface area contributed by atoms with E-state index in [0.717, 1.165) is 12.8 Å². The van der Waals surface area contributed by atoms with E-state index in [-0.39, 0.29) is 36.3 Å². The van der Waals surface area contributed by atoms with Gasteiger partial charge < -0.3 is 16.0 Å². The molecule has 1 unspecified atom stereocenters. The van der Waals surface area contributed by atoms with Crippen LogP contribution in [0.5, 0.6) is 0 Å². The summed E-state index contributed by atoms with van der Waals surface area (Å²) in [5.74, 6) is 1.56. The van der Waals surface area contributed by atoms with Gasteiger partial charge in [0, 0.05) is 6.54 Å². The fourth-order valence-corrected chi connectivity index (χ4v) is 3.02. The number of amides is 2. The highest BCUT2D eigenvalue weighted by atomic mass is 35.5. The van der Waals surface area contributed by atoms with Crippen LogP contribution in [0.2, 0.25) is 0 Å². The number of nitrogens with zero attached hydrogens (tertiary/aromatic N) is 1. The highest BCUT2D eigenvalue weighted by Gasteiger charge is 2.41. The van der Waals surface area contributed by atoms with Gasteiger partial charge in [-0.2, -0.15) is 0 Å². The monoisotopic (exact) mass is 293 g/mol. The lowest BCUT2D eigenvalue weighted by Gasteiger charge is -2.30. The molecule has 7 heteroatoms. The first-order valence-electron chi connectivity index (χ1n) is 5.92. The first-order valence-corrected chi connectivity index (χ1v) is 7.07. The van der Waals surface area contributed by atoms with E-state index < -0.39 is 0 Å². The molecule has 2 aliphatic rings. The number of nitrogens with one attached hydrogen (secondary N) is 1. The van der Waals surface area contributed by atoms with E-state index in [4.69, 9.17) is 5.73 Å². The Morgan fingerprint density at radius 1 is 1.61 bits per heavy atom. The molecule has 0 radical (unpaired) electrons. The van der Waals surface area contributed by atoms with Crippen LogP contribution >= 0.6 is 24.2 Å². The van der Waals surface area contributed by atoms with Gasteiger partial charge in [0.05, 0.1) is 17.2 Å². The van der Waals surface area contributed by atoms with Crippen LogP contribution in [-0.4, -0.2) is 47.0 Å². The van der Waals surface area contributed by atoms with E-state index in [1.165, 1.54) is 0 Å². The maximum atomic E-state index is 11.9. The number of carbonyl (C=O) groups is 2. The predicted molar refractivity (Wildman–Crippen MR) is 74.6 cm³/mol. The largest absolute Gasteiger partial charge is 0.348 e. The maximum Gasteiger partial charge on any atom is 0.240 e. The Morgan fingerprint density at radius 2 is 2.28 bits per heavy atom. The zero-order valence-electron chi connectivity index (χ0n) is 10.5. The van der Waals surface area contributed by atoms with Crippen LogP contribution in [0, 0.1) is 5.92 Å². The molecule has 1 aliphatic heterocycles. The lowest BCUT2D eigenvalue weighted by atomic mass is 9.96. The summed E-state index contributed by atoms with van der Waals surface area (Å²) >= 11 is 1.55. The summed E-state index contributed by atoms with van der Waals surface area (Å²) in [4.78, 5) is 24.9. The van der Waals surface area contributed by atoms with Crippen molar-refractivity contribution < 1.29 is 9.59 Å². The molecular weight excluding hydrogens is 274 g/mol. The van der Waals surface area contributed by atoms with Crippen molar-refractivity contribution >= 4 is 36.0 Å². The Labute approximate surface area is 118 Å². The molecule has 0 aromatic carbocycles. The minimum atomic E-state index is -0.299. The Balaban J connectivity index is 0.00000162. The molecule has 1 atom stereocenters. The molecule has 104 valence electrons. The average molecular weight is 294 g/mol. The van der Waals surface area contributed by atoms with Crippen molar-refractivity contribution in [1.82, 2.24) is 10.2 Å². The van der Waals surface area contributed by atoms with Crippen LogP contribution < -0.4 is 11.1 Å². The topological polar surface area (TPSA) is 75.4 Å². The third kappa shape index (κ3) is 3.52. The Morgan fingerprint density at radius 3 is 2.72 bits per heavy atom. The standard InChI is InChI=1S/C11H19N3O2S.ClH/c1-11(6-12,8-2-3-8)13-9(15)4-14-7-17-5-10(14)16;/h8H,2-7,12H2,1H3,(H,13,15);1H. The molecule has 1 saturated carbocycles. The number of hydrogen-bond donors (Lipinski definition) is 2. The van der Waals surface area contributed by atoms with Crippen molar-refractivity contribution in [2.24, 2.45) is 11.7 Å². The Bertz CT molecular complexity index is 338. The number of rotatable bonds is 5. The molecule has 1 heterocycles. The smallest absolute Gasteiger partial charge is 0.240 e. The van der Waals surface area contributed by atoms with Gasteiger partial charge in [-0.3, -0.25) is 9.59 Å². The van der Waals surface area contributed by atoms with Gasteiger partial charge in [0.1, 0.15) is 6.54 Å². The molecule has 2 amide bonds. The van der Waals surface area contributed by atoms with Crippen LogP contribution in [0.25, 0.3) is 0 Å². The van der Waals surface area contributed by atoms with Gasteiger partial charge in [-0.25, -0.2) is 0 Å². The Hall–Kier alpha value is -0.460. The normalized spacial score (nSPS) is 22.3. The SMILES string of the molecule is CC(CN)(NC(=O)CN1CSCC1=O)C1CC1.Cl. The molecule has 1 saturated heterocycles. The molecule has 2 fully saturated rings. The molecular formula is C11H20ClN3O2S. The molecule has 0 bridgehead atoms. The number of halogens is 1. The van der Waals surface area contributed by atoms with Crippen LogP contribution in [0.4, 0.5) is 0 Å². The third-order valence-electron chi connectivity index (χ3n) is 3.49. The average Bonchev–Trinajstić information content (AvgIpc) is 3.06. The minimum absolute atomic E-state index is 0. The molecule has 5 nitrogen and oxygen atoms in total. The van der Waals surface area contributed by atoms with Crippen LogP contribution in [-0.2, 0) is 9.59 Å². The molecule has 2 rings (SSSR count). The summed E-state index contributed by atoms with van der Waals surface area (Å²) in [6, 6.07) is 0. The Kier molecular flexibility index (Phi) is 5.31. The van der Waals surface area contributed by atoms with Crippen molar-refractivity contribution in [3.63, 3.8) is 0 Å². The van der Waals surface area contributed by atoms with Gasteiger partial charge in [-0.15, -0.1) is 24.2 Å². The quantitative estimate of drug-likeness (QED) is 0.758. The van der Waals surface area contributed by atoms with Crippen molar-refractivity contribution in [1.29, 1.82) is 0 Å². The van der Waals surface area contributed by atoms with Gasteiger partial charge in [-0.05, 0) is 25.7 Å². The fraction of sp³-hybridized carbons (Fsp3) is 0.818. The van der Waals surface area contributed by atoms with Gasteiger partial charge >= 0.3 is 0 Å². The van der Waals surface area contributed by atoms with Crippen LogP contribution in [0.1, 0.15) is 19.8 Å². The second-order valence-electron chi connectivity index (χ2n) is 5.01. The van der Waals surface area contributed by atoms with Crippen molar-refractivity contribution in [2.75, 3.05) is 24.7 Å². The zero-order chi connectivity index (χ0) is 12.5. The van der Waals surface area contributed by atoms with Crippen molar-refractivity contribution in [2.45, 2.75) is 25.3 Å². The zero-order valence-corrected chi connectivity index (χ0v) is 12.1. The van der Waals surface area contributed by atoms with E-state index in [1.807, 2.05) is 6.92 Å². The van der Waals surface area contributed by atoms with Crippen molar-refractivity contribution in [3.8, 4) is 0 Å². The summed E-state index contributed by atoms with van der Waals surface area (Å²) in [6.07, 6.45) is 2.26. The predicted octanol–water partition coefficient (Wildman–Crippen LogP) is 0.185. The van der Waals surface area contributed by atoms with E-state index in [1.54, 1.807) is 16.7 Å². The highest BCUT2D eigenvalue weighted by molar-refractivity contribution is 8.00. The summed E-state index contributed by atoms with van der Waals surface area (Å²) in [7, 11) is 0. The molecule has 0 aromatic heterocycles. The first-order chi connectivity index (χ1) is 8.05. The summed E-state index contributed by atoms with van der Waals surface area (Å²) in [5, 5.41) is 2.99. The number of hydrogen-bond acceptors (Lipinski definition) is 4. The number of carbonyl (C=O) groups excluding carboxylic acids is 2. The van der Waals surface area contributed by atoms with Gasteiger partial charge in [0.25, 0.3) is 0 Å². The second kappa shape index (κ2) is 6.12. The van der Waals surface area contributed by atoms with Crippen LogP contribution in [0.3, 0.4) is 0 Å². The summed E-state index contributed by atoms with van der Waals surface area (Å²) in [6.45, 7) is 2.60. The van der Waals surface area contributed by atoms with E-state index in [2.05, 4.69) is 5.32 Å². The van der Waals surface area contributed by atoms with E-state index in [9.17, 15) is 9.59 Å². The van der Waals surface area contributed by atoms with Crippen LogP contribution in [0.15, 0.2) is 0 Å². The second-order valence-corrected chi connectivity index (χ2v) is 5.97. The van der Waals surface area contributed by atoms with Gasteiger partial charge in [0.2, 0.25) is 11.8 Å². The van der Waals surface area contributed by atoms with E-state index in [0.29, 0.717) is 24.1 Å². The highest BCUT2D eigenvalue weighted by Crippen LogP contribution is 2.38. The molecule has 1 aliphatic carbocycles. The summed E-state index contributed by atoms with van der Waals surface area (Å²) < 4.78 is 0. The molecule has 0 aromatic rings.